The molecule has 0 heterocycles. The van der Waals surface area contributed by atoms with E-state index in [-0.39, 0.29) is 17.4 Å². The van der Waals surface area contributed by atoms with Gasteiger partial charge in [0, 0.05) is 11.1 Å². The Kier molecular flexibility index (Phi) is 5.96. The average Bonchev–Trinajstić information content (AvgIpc) is 2.45. The van der Waals surface area contributed by atoms with Crippen LogP contribution in [0.1, 0.15) is 38.3 Å². The number of benzene rings is 1. The number of methoxy groups -OCH3 is 1. The van der Waals surface area contributed by atoms with E-state index in [0.29, 0.717) is 11.3 Å². The van der Waals surface area contributed by atoms with Crippen molar-refractivity contribution < 1.29 is 9.13 Å². The van der Waals surface area contributed by atoms with Crippen molar-refractivity contribution in [3.8, 4) is 5.75 Å². The number of ether oxygens (including phenoxy) is 1. The highest BCUT2D eigenvalue weighted by atomic mass is 19.1. The van der Waals surface area contributed by atoms with Gasteiger partial charge in [-0.15, -0.1) is 0 Å². The van der Waals surface area contributed by atoms with Gasteiger partial charge in [-0.3, -0.25) is 0 Å². The Labute approximate surface area is 122 Å². The maximum absolute atomic E-state index is 14.6. The number of rotatable bonds is 7. The van der Waals surface area contributed by atoms with Crippen LogP contribution in [0.2, 0.25) is 0 Å². The molecule has 0 amide bonds. The summed E-state index contributed by atoms with van der Waals surface area (Å²) in [4.78, 5) is 2.19. The number of likely N-dealkylation sites (N-methyl/N-ethyl adjacent to an activating group) is 2. The number of hydrogen-bond acceptors (Lipinski definition) is 3. The minimum atomic E-state index is -0.275. The highest BCUT2D eigenvalue weighted by Crippen LogP contribution is 2.38. The third-order valence-corrected chi connectivity index (χ3v) is 4.47. The molecule has 0 aliphatic rings. The summed E-state index contributed by atoms with van der Waals surface area (Å²) in [6.45, 7) is 4.29. The van der Waals surface area contributed by atoms with Crippen molar-refractivity contribution in [2.75, 3.05) is 28.3 Å². The first-order valence-corrected chi connectivity index (χ1v) is 7.15. The predicted octanol–water partition coefficient (Wildman–Crippen LogP) is 3.22. The fraction of sp³-hybridized carbons (Fsp3) is 0.625. The summed E-state index contributed by atoms with van der Waals surface area (Å²) in [5, 5.41) is 3.30. The van der Waals surface area contributed by atoms with Crippen molar-refractivity contribution >= 4 is 0 Å². The van der Waals surface area contributed by atoms with Crippen LogP contribution in [0.5, 0.6) is 5.75 Å². The second kappa shape index (κ2) is 7.04. The molecular formula is C16H27FN2O. The Balaban J connectivity index is 3.38. The molecular weight excluding hydrogens is 255 g/mol. The first-order valence-electron chi connectivity index (χ1n) is 7.15. The topological polar surface area (TPSA) is 24.5 Å². The molecule has 0 saturated carbocycles. The lowest BCUT2D eigenvalue weighted by atomic mass is 9.79. The molecule has 1 N–H and O–H groups in total. The van der Waals surface area contributed by atoms with Gasteiger partial charge in [0.05, 0.1) is 13.2 Å². The molecule has 1 aromatic rings. The highest BCUT2D eigenvalue weighted by molar-refractivity contribution is 5.35. The molecule has 1 aromatic carbocycles. The van der Waals surface area contributed by atoms with Gasteiger partial charge in [0.1, 0.15) is 0 Å². The fourth-order valence-electron chi connectivity index (χ4n) is 3.17. The quantitative estimate of drug-likeness (QED) is 0.831. The summed E-state index contributed by atoms with van der Waals surface area (Å²) < 4.78 is 19.7. The predicted molar refractivity (Wildman–Crippen MR) is 81.8 cm³/mol. The maximum atomic E-state index is 14.6. The molecule has 0 fully saturated rings. The zero-order valence-electron chi connectivity index (χ0n) is 13.5. The molecule has 20 heavy (non-hydrogen) atoms. The second-order valence-corrected chi connectivity index (χ2v) is 5.29. The molecule has 0 bridgehead atoms. The van der Waals surface area contributed by atoms with Gasteiger partial charge >= 0.3 is 0 Å². The molecule has 0 aliphatic carbocycles. The van der Waals surface area contributed by atoms with E-state index in [1.54, 1.807) is 6.07 Å². The van der Waals surface area contributed by atoms with Crippen molar-refractivity contribution in [2.24, 2.45) is 0 Å². The van der Waals surface area contributed by atoms with E-state index >= 15 is 0 Å². The first-order chi connectivity index (χ1) is 9.48. The Hall–Kier alpha value is -1.13. The Morgan fingerprint density at radius 2 is 1.90 bits per heavy atom. The Morgan fingerprint density at radius 1 is 1.30 bits per heavy atom. The van der Waals surface area contributed by atoms with E-state index in [1.807, 2.05) is 19.2 Å². The summed E-state index contributed by atoms with van der Waals surface area (Å²) >= 11 is 0. The standard InChI is InChI=1S/C16H27FN2O/c1-7-16(8-2,19(4)5)15(18-3)12-10-9-11-13(20-6)14(12)17/h9-11,15,18H,7-8H2,1-6H3. The summed E-state index contributed by atoms with van der Waals surface area (Å²) in [6.07, 6.45) is 1.86. The molecule has 114 valence electrons. The van der Waals surface area contributed by atoms with E-state index in [9.17, 15) is 4.39 Å². The van der Waals surface area contributed by atoms with Crippen molar-refractivity contribution in [2.45, 2.75) is 38.3 Å². The maximum Gasteiger partial charge on any atom is 0.169 e. The number of halogens is 1. The van der Waals surface area contributed by atoms with E-state index in [1.165, 1.54) is 7.11 Å². The van der Waals surface area contributed by atoms with Crippen LogP contribution < -0.4 is 10.1 Å². The van der Waals surface area contributed by atoms with Gasteiger partial charge in [0.2, 0.25) is 0 Å². The average molecular weight is 282 g/mol. The van der Waals surface area contributed by atoms with Crippen LogP contribution in [0.25, 0.3) is 0 Å². The lowest BCUT2D eigenvalue weighted by molar-refractivity contribution is 0.0899. The zero-order chi connectivity index (χ0) is 15.3. The van der Waals surface area contributed by atoms with Gasteiger partial charge in [0.25, 0.3) is 0 Å². The Bertz CT molecular complexity index is 430. The Morgan fingerprint density at radius 3 is 2.30 bits per heavy atom. The molecule has 4 heteroatoms. The van der Waals surface area contributed by atoms with Crippen LogP contribution >= 0.6 is 0 Å². The normalized spacial score (nSPS) is 13.6. The monoisotopic (exact) mass is 282 g/mol. The molecule has 0 aromatic heterocycles. The number of hydrogen-bond donors (Lipinski definition) is 1. The van der Waals surface area contributed by atoms with Crippen LogP contribution in [0, 0.1) is 5.82 Å². The summed E-state index contributed by atoms with van der Waals surface area (Å²) in [6, 6.07) is 5.24. The van der Waals surface area contributed by atoms with Crippen LogP contribution in [0.3, 0.4) is 0 Å². The molecule has 0 radical (unpaired) electrons. The van der Waals surface area contributed by atoms with E-state index in [4.69, 9.17) is 4.74 Å². The summed E-state index contributed by atoms with van der Waals surface area (Å²) in [5.41, 5.74) is 0.520. The number of nitrogens with zero attached hydrogens (tertiary/aromatic N) is 1. The van der Waals surface area contributed by atoms with Crippen molar-refractivity contribution in [1.82, 2.24) is 10.2 Å². The van der Waals surface area contributed by atoms with Crippen LogP contribution in [0.4, 0.5) is 4.39 Å². The molecule has 1 atom stereocenters. The third-order valence-electron chi connectivity index (χ3n) is 4.47. The van der Waals surface area contributed by atoms with Gasteiger partial charge in [-0.25, -0.2) is 4.39 Å². The largest absolute Gasteiger partial charge is 0.494 e. The van der Waals surface area contributed by atoms with E-state index in [2.05, 4.69) is 38.2 Å². The molecule has 1 unspecified atom stereocenters. The van der Waals surface area contributed by atoms with Gasteiger partial charge in [-0.2, -0.15) is 0 Å². The molecule has 3 nitrogen and oxygen atoms in total. The zero-order valence-corrected chi connectivity index (χ0v) is 13.5. The first kappa shape index (κ1) is 16.9. The van der Waals surface area contributed by atoms with E-state index < -0.39 is 0 Å². The van der Waals surface area contributed by atoms with E-state index in [0.717, 1.165) is 12.8 Å². The molecule has 1 rings (SSSR count). The minimum absolute atomic E-state index is 0.0948. The summed E-state index contributed by atoms with van der Waals surface area (Å²) in [5.74, 6) is 0.0186. The van der Waals surface area contributed by atoms with Gasteiger partial charge in [-0.05, 0) is 40.1 Å². The smallest absolute Gasteiger partial charge is 0.169 e. The van der Waals surface area contributed by atoms with Gasteiger partial charge < -0.3 is 15.0 Å². The van der Waals surface area contributed by atoms with Crippen molar-refractivity contribution in [3.05, 3.63) is 29.6 Å². The lowest BCUT2D eigenvalue weighted by Crippen LogP contribution is -2.52. The minimum Gasteiger partial charge on any atom is -0.494 e. The third kappa shape index (κ3) is 2.81. The van der Waals surface area contributed by atoms with Crippen LogP contribution in [-0.4, -0.2) is 38.7 Å². The summed E-state index contributed by atoms with van der Waals surface area (Å²) in [7, 11) is 7.48. The van der Waals surface area contributed by atoms with Crippen LogP contribution in [-0.2, 0) is 0 Å². The van der Waals surface area contributed by atoms with Crippen molar-refractivity contribution in [3.63, 3.8) is 0 Å². The lowest BCUT2D eigenvalue weighted by Gasteiger charge is -2.45. The van der Waals surface area contributed by atoms with Crippen molar-refractivity contribution in [1.29, 1.82) is 0 Å². The molecule has 0 saturated heterocycles. The highest BCUT2D eigenvalue weighted by Gasteiger charge is 2.39. The fourth-order valence-corrected chi connectivity index (χ4v) is 3.17. The second-order valence-electron chi connectivity index (χ2n) is 5.29. The van der Waals surface area contributed by atoms with Gasteiger partial charge in [0.15, 0.2) is 11.6 Å². The van der Waals surface area contributed by atoms with Gasteiger partial charge in [-0.1, -0.05) is 26.0 Å². The SMILES string of the molecule is CCC(CC)(C(NC)c1cccc(OC)c1F)N(C)C. The molecule has 0 aliphatic heterocycles. The van der Waals surface area contributed by atoms with Crippen LogP contribution in [0.15, 0.2) is 18.2 Å². The number of nitrogens with one attached hydrogen (secondary N) is 1. The molecule has 0 spiro atoms.